The lowest BCUT2D eigenvalue weighted by molar-refractivity contribution is -0.385. The number of nitrogens with zero attached hydrogens (tertiary/aromatic N) is 4. The van der Waals surface area contributed by atoms with Gasteiger partial charge in [0, 0.05) is 30.2 Å². The molecule has 0 bridgehead atoms. The molecule has 0 radical (unpaired) electrons. The van der Waals surface area contributed by atoms with Crippen LogP contribution in [0.4, 0.5) is 16.2 Å². The number of nitro benzene ring substituents is 2. The number of non-ortho nitro benzene ring substituents is 2. The normalized spacial score (nSPS) is 21.5. The molecule has 1 saturated carbocycles. The van der Waals surface area contributed by atoms with Gasteiger partial charge in [0.2, 0.25) is 0 Å². The Morgan fingerprint density at radius 2 is 1.61 bits per heavy atom. The van der Waals surface area contributed by atoms with Crippen LogP contribution in [0, 0.1) is 26.1 Å². The molecule has 158 valence electrons. The van der Waals surface area contributed by atoms with Crippen molar-refractivity contribution in [2.45, 2.75) is 25.3 Å². The van der Waals surface area contributed by atoms with Gasteiger partial charge in [-0.05, 0) is 54.2 Å². The molecule has 0 aromatic heterocycles. The predicted octanol–water partition coefficient (Wildman–Crippen LogP) is 4.18. The van der Waals surface area contributed by atoms with Crippen molar-refractivity contribution < 1.29 is 14.6 Å². The first-order valence-electron chi connectivity index (χ1n) is 9.72. The molecule has 10 heteroatoms. The zero-order valence-corrected chi connectivity index (χ0v) is 16.4. The van der Waals surface area contributed by atoms with Gasteiger partial charge in [-0.3, -0.25) is 20.2 Å². The Labute approximate surface area is 177 Å². The molecular weight excluding hydrogens is 402 g/mol. The first-order valence-corrected chi connectivity index (χ1v) is 9.72. The van der Waals surface area contributed by atoms with E-state index in [4.69, 9.17) is 5.73 Å². The number of nitrogens with two attached hydrogens (primary N) is 1. The maximum absolute atomic E-state index is 12.1. The second-order valence-electron chi connectivity index (χ2n) is 7.48. The number of allylic oxidation sites excluding steroid dienone is 1. The zero-order valence-electron chi connectivity index (χ0n) is 16.4. The smallest absolute Gasteiger partial charge is 0.335 e. The lowest BCUT2D eigenvalue weighted by Crippen LogP contribution is -2.35. The Kier molecular flexibility index (Phi) is 5.20. The summed E-state index contributed by atoms with van der Waals surface area (Å²) in [6.45, 7) is 0. The zero-order chi connectivity index (χ0) is 22.1. The highest BCUT2D eigenvalue weighted by molar-refractivity contribution is 6.08. The van der Waals surface area contributed by atoms with Gasteiger partial charge in [0.1, 0.15) is 0 Å². The Balaban J connectivity index is 1.68. The van der Waals surface area contributed by atoms with Gasteiger partial charge >= 0.3 is 6.03 Å². The number of hydrogen-bond donors (Lipinski definition) is 1. The average molecular weight is 421 g/mol. The quantitative estimate of drug-likeness (QED) is 0.581. The van der Waals surface area contributed by atoms with Crippen molar-refractivity contribution >= 4 is 29.2 Å². The number of benzene rings is 2. The lowest BCUT2D eigenvalue weighted by atomic mass is 9.77. The number of hydrazone groups is 1. The molecule has 2 aromatic carbocycles. The number of primary amides is 1. The molecule has 1 aliphatic heterocycles. The van der Waals surface area contributed by atoms with Crippen LogP contribution in [0.3, 0.4) is 0 Å². The molecule has 1 fully saturated rings. The van der Waals surface area contributed by atoms with Gasteiger partial charge in [-0.2, -0.15) is 5.10 Å². The van der Waals surface area contributed by atoms with E-state index in [9.17, 15) is 25.0 Å². The van der Waals surface area contributed by atoms with E-state index in [2.05, 4.69) is 5.10 Å². The third-order valence-electron chi connectivity index (χ3n) is 5.62. The van der Waals surface area contributed by atoms with Crippen molar-refractivity contribution in [3.8, 4) is 0 Å². The summed E-state index contributed by atoms with van der Waals surface area (Å²) in [5, 5.41) is 27.6. The van der Waals surface area contributed by atoms with E-state index < -0.39 is 21.9 Å². The largest absolute Gasteiger partial charge is 0.350 e. The van der Waals surface area contributed by atoms with Crippen LogP contribution < -0.4 is 5.73 Å². The van der Waals surface area contributed by atoms with Gasteiger partial charge in [-0.15, -0.1) is 0 Å². The first-order chi connectivity index (χ1) is 14.8. The van der Waals surface area contributed by atoms with E-state index in [1.807, 2.05) is 6.08 Å². The van der Waals surface area contributed by atoms with Crippen LogP contribution in [-0.4, -0.2) is 26.6 Å². The molecule has 31 heavy (non-hydrogen) atoms. The van der Waals surface area contributed by atoms with E-state index in [1.165, 1.54) is 29.3 Å². The van der Waals surface area contributed by atoms with Crippen molar-refractivity contribution in [2.24, 2.45) is 16.8 Å². The monoisotopic (exact) mass is 421 g/mol. The van der Waals surface area contributed by atoms with E-state index in [0.29, 0.717) is 0 Å². The van der Waals surface area contributed by atoms with Crippen molar-refractivity contribution in [3.05, 3.63) is 85.5 Å². The summed E-state index contributed by atoms with van der Waals surface area (Å²) >= 11 is 0. The number of urea groups is 1. The van der Waals surface area contributed by atoms with E-state index in [1.54, 1.807) is 24.3 Å². The molecule has 2 aliphatic rings. The Bertz CT molecular complexity index is 1110. The number of hydrogen-bond acceptors (Lipinski definition) is 6. The minimum atomic E-state index is -0.695. The third-order valence-corrected chi connectivity index (χ3v) is 5.62. The SMILES string of the molecule is NC(=O)N1N=C2C(=Cc3ccc([N+](=O)[O-])cc3)CCCC2C1c1ccc([N+](=O)[O-])cc1. The molecule has 2 amide bonds. The van der Waals surface area contributed by atoms with Gasteiger partial charge in [-0.25, -0.2) is 9.80 Å². The van der Waals surface area contributed by atoms with Crippen LogP contribution in [0.2, 0.25) is 0 Å². The first kappa shape index (κ1) is 20.2. The highest BCUT2D eigenvalue weighted by Crippen LogP contribution is 2.44. The fourth-order valence-electron chi connectivity index (χ4n) is 4.20. The molecule has 4 rings (SSSR count). The van der Waals surface area contributed by atoms with Gasteiger partial charge in [0.05, 0.1) is 21.6 Å². The molecule has 2 aromatic rings. The summed E-state index contributed by atoms with van der Waals surface area (Å²) in [5.41, 5.74) is 8.80. The van der Waals surface area contributed by atoms with Crippen molar-refractivity contribution in [1.82, 2.24) is 5.01 Å². The molecule has 1 aliphatic carbocycles. The predicted molar refractivity (Wildman–Crippen MR) is 113 cm³/mol. The van der Waals surface area contributed by atoms with Crippen molar-refractivity contribution in [3.63, 3.8) is 0 Å². The van der Waals surface area contributed by atoms with Gasteiger partial charge < -0.3 is 5.73 Å². The van der Waals surface area contributed by atoms with Crippen LogP contribution in [0.15, 0.2) is 59.2 Å². The van der Waals surface area contributed by atoms with Crippen LogP contribution in [0.25, 0.3) is 6.08 Å². The maximum atomic E-state index is 12.1. The second kappa shape index (κ2) is 7.98. The van der Waals surface area contributed by atoms with Crippen LogP contribution in [-0.2, 0) is 0 Å². The number of carbonyl (C=O) groups excluding carboxylic acids is 1. The molecule has 2 N–H and O–H groups in total. The van der Waals surface area contributed by atoms with E-state index in [0.717, 1.165) is 41.7 Å². The number of carbonyl (C=O) groups is 1. The fourth-order valence-corrected chi connectivity index (χ4v) is 4.20. The van der Waals surface area contributed by atoms with Gasteiger partial charge in [0.15, 0.2) is 0 Å². The van der Waals surface area contributed by atoms with E-state index in [-0.39, 0.29) is 17.3 Å². The summed E-state index contributed by atoms with van der Waals surface area (Å²) in [5.74, 6) is -0.0907. The lowest BCUT2D eigenvalue weighted by Gasteiger charge is -2.28. The Hall–Kier alpha value is -4.08. The maximum Gasteiger partial charge on any atom is 0.335 e. The molecule has 2 atom stereocenters. The third kappa shape index (κ3) is 3.87. The second-order valence-corrected chi connectivity index (χ2v) is 7.48. The molecule has 0 spiro atoms. The highest BCUT2D eigenvalue weighted by Gasteiger charge is 2.43. The Morgan fingerprint density at radius 3 is 2.16 bits per heavy atom. The molecule has 0 saturated heterocycles. The molecule has 10 nitrogen and oxygen atoms in total. The number of amides is 2. The molecular formula is C21H19N5O5. The standard InChI is InChI=1S/C21H19N5O5/c22-21(27)24-20(14-6-10-17(11-7-14)26(30)31)18-3-1-2-15(19(18)23-24)12-13-4-8-16(9-5-13)25(28)29/h4-12,18,20H,1-3H2,(H2,22,27). The topological polar surface area (TPSA) is 145 Å². The van der Waals surface area contributed by atoms with Crippen molar-refractivity contribution in [1.29, 1.82) is 0 Å². The molecule has 1 heterocycles. The van der Waals surface area contributed by atoms with Crippen LogP contribution >= 0.6 is 0 Å². The summed E-state index contributed by atoms with van der Waals surface area (Å²) < 4.78 is 0. The fraction of sp³-hybridized carbons (Fsp3) is 0.238. The van der Waals surface area contributed by atoms with Crippen LogP contribution in [0.5, 0.6) is 0 Å². The summed E-state index contributed by atoms with van der Waals surface area (Å²) in [6.07, 6.45) is 4.35. The molecule has 2 unspecified atom stereocenters. The summed E-state index contributed by atoms with van der Waals surface area (Å²) in [7, 11) is 0. The van der Waals surface area contributed by atoms with Crippen molar-refractivity contribution in [2.75, 3.05) is 0 Å². The minimum Gasteiger partial charge on any atom is -0.350 e. The van der Waals surface area contributed by atoms with E-state index >= 15 is 0 Å². The number of fused-ring (bicyclic) bond motifs is 1. The number of nitro groups is 2. The van der Waals surface area contributed by atoms with Crippen LogP contribution in [0.1, 0.15) is 36.4 Å². The number of rotatable bonds is 4. The summed E-state index contributed by atoms with van der Waals surface area (Å²) in [4.78, 5) is 33.0. The summed E-state index contributed by atoms with van der Waals surface area (Å²) in [6, 6.07) is 11.2. The average Bonchev–Trinajstić information content (AvgIpc) is 3.15. The van der Waals surface area contributed by atoms with Gasteiger partial charge in [0.25, 0.3) is 11.4 Å². The highest BCUT2D eigenvalue weighted by atomic mass is 16.6. The Morgan fingerprint density at radius 1 is 1.03 bits per heavy atom. The van der Waals surface area contributed by atoms with Gasteiger partial charge in [-0.1, -0.05) is 12.1 Å². The minimum absolute atomic E-state index is 0.0139.